The Bertz CT molecular complexity index is 1610. The Kier molecular flexibility index (Phi) is 7.45. The predicted molar refractivity (Wildman–Crippen MR) is 157 cm³/mol. The molecule has 2 fully saturated rings. The van der Waals surface area contributed by atoms with E-state index in [0.717, 1.165) is 27.6 Å². The molecule has 0 aliphatic carbocycles. The Balaban J connectivity index is 1.34. The molecule has 2 atom stereocenters. The third-order valence-corrected chi connectivity index (χ3v) is 7.88. The van der Waals surface area contributed by atoms with Crippen LogP contribution in [-0.2, 0) is 29.1 Å². The first-order valence-corrected chi connectivity index (χ1v) is 13.9. The molecule has 0 saturated carbocycles. The van der Waals surface area contributed by atoms with Crippen molar-refractivity contribution in [3.8, 4) is 5.75 Å². The van der Waals surface area contributed by atoms with Gasteiger partial charge in [-0.3, -0.25) is 14.6 Å². The van der Waals surface area contributed by atoms with Crippen LogP contribution in [0.3, 0.4) is 0 Å². The van der Waals surface area contributed by atoms with Crippen molar-refractivity contribution < 1.29 is 19.5 Å². The van der Waals surface area contributed by atoms with Gasteiger partial charge in [-0.25, -0.2) is 14.8 Å². The largest absolute Gasteiger partial charge is 0.508 e. The second kappa shape index (κ2) is 11.5. The Hall–Kier alpha value is -4.96. The van der Waals surface area contributed by atoms with Gasteiger partial charge in [0.2, 0.25) is 11.8 Å². The van der Waals surface area contributed by atoms with Crippen LogP contribution in [0, 0.1) is 0 Å². The number of carbonyl (C=O) groups excluding carboxylic acids is 3. The third-order valence-electron chi connectivity index (χ3n) is 7.88. The molecular formula is C32H32N6O4. The second-order valence-electron chi connectivity index (χ2n) is 10.7. The quantitative estimate of drug-likeness (QED) is 0.373. The number of nitrogens with one attached hydrogen (secondary N) is 1. The van der Waals surface area contributed by atoms with Crippen LogP contribution in [0.4, 0.5) is 4.79 Å². The summed E-state index contributed by atoms with van der Waals surface area (Å²) < 4.78 is 0. The van der Waals surface area contributed by atoms with E-state index in [9.17, 15) is 19.5 Å². The maximum atomic E-state index is 14.1. The van der Waals surface area contributed by atoms with Gasteiger partial charge in [0.25, 0.3) is 0 Å². The number of urea groups is 1. The van der Waals surface area contributed by atoms with Gasteiger partial charge in [0, 0.05) is 38.1 Å². The first-order valence-electron chi connectivity index (χ1n) is 13.9. The monoisotopic (exact) mass is 564 g/mol. The van der Waals surface area contributed by atoms with Crippen LogP contribution < -0.4 is 5.32 Å². The molecule has 0 spiro atoms. The fraction of sp³-hybridized carbons (Fsp3) is 0.250. The molecule has 2 saturated heterocycles. The van der Waals surface area contributed by atoms with Crippen molar-refractivity contribution in [2.45, 2.75) is 31.7 Å². The van der Waals surface area contributed by atoms with Gasteiger partial charge in [0.1, 0.15) is 18.0 Å². The maximum absolute atomic E-state index is 14.1. The lowest BCUT2D eigenvalue weighted by molar-refractivity contribution is -0.187. The minimum absolute atomic E-state index is 0.0398. The number of para-hydroxylation sites is 1. The lowest BCUT2D eigenvalue weighted by atomic mass is 9.98. The van der Waals surface area contributed by atoms with Crippen molar-refractivity contribution in [3.05, 3.63) is 108 Å². The zero-order valence-electron chi connectivity index (χ0n) is 23.3. The summed E-state index contributed by atoms with van der Waals surface area (Å²) in [5.41, 5.74) is 3.44. The smallest absolute Gasteiger partial charge is 0.334 e. The molecule has 2 N–H and O–H groups in total. The number of phenolic OH excluding ortho intramolecular Hbond substituents is 1. The number of carbonyl (C=O) groups is 3. The second-order valence-corrected chi connectivity index (χ2v) is 10.7. The Labute approximate surface area is 243 Å². The minimum atomic E-state index is -0.832. The Morgan fingerprint density at radius 3 is 2.50 bits per heavy atom. The van der Waals surface area contributed by atoms with Crippen LogP contribution in [-0.4, -0.2) is 80.1 Å². The molecule has 2 aliphatic rings. The summed E-state index contributed by atoms with van der Waals surface area (Å²) in [6, 6.07) is 24.8. The summed E-state index contributed by atoms with van der Waals surface area (Å²) in [6.45, 7) is 0.706. The first kappa shape index (κ1) is 27.2. The molecule has 2 aliphatic heterocycles. The topological polar surface area (TPSA) is 109 Å². The van der Waals surface area contributed by atoms with E-state index in [-0.39, 0.29) is 49.7 Å². The number of aromatic hydroxyl groups is 1. The summed E-state index contributed by atoms with van der Waals surface area (Å²) in [4.78, 5) is 49.2. The molecule has 10 nitrogen and oxygen atoms in total. The van der Waals surface area contributed by atoms with Gasteiger partial charge in [-0.2, -0.15) is 0 Å². The number of pyridine rings is 1. The molecule has 42 heavy (non-hydrogen) atoms. The van der Waals surface area contributed by atoms with Crippen LogP contribution in [0.15, 0.2) is 91.1 Å². The molecule has 0 radical (unpaired) electrons. The van der Waals surface area contributed by atoms with E-state index in [2.05, 4.69) is 10.3 Å². The summed E-state index contributed by atoms with van der Waals surface area (Å²) in [5, 5.41) is 16.9. The average molecular weight is 565 g/mol. The Morgan fingerprint density at radius 2 is 1.71 bits per heavy atom. The van der Waals surface area contributed by atoms with Crippen LogP contribution >= 0.6 is 0 Å². The van der Waals surface area contributed by atoms with Crippen LogP contribution in [0.5, 0.6) is 5.75 Å². The number of fused-ring (bicyclic) bond motifs is 2. The molecule has 214 valence electrons. The van der Waals surface area contributed by atoms with E-state index < -0.39 is 12.2 Å². The average Bonchev–Trinajstić information content (AvgIpc) is 2.99. The number of benzene rings is 3. The van der Waals surface area contributed by atoms with E-state index in [1.54, 1.807) is 57.3 Å². The molecule has 0 bridgehead atoms. The number of hydrogen-bond donors (Lipinski definition) is 2. The molecule has 3 aromatic carbocycles. The standard InChI is InChI=1S/C32H32N6O4/c1-35-21-29(40)37-27(17-22-12-14-26(39)15-13-22)31(41)36(19-25-10-5-9-24-11-6-16-33-30(24)25)20-28(37)38(35)32(42)34-18-23-7-3-2-4-8-23/h2-16,27-28,39H,17-21H2,1H3,(H,34,42)/t27-,28+/m0/s1. The summed E-state index contributed by atoms with van der Waals surface area (Å²) in [5.74, 6) is -0.304. The number of hydrogen-bond acceptors (Lipinski definition) is 6. The van der Waals surface area contributed by atoms with Gasteiger partial charge in [-0.15, -0.1) is 0 Å². The Morgan fingerprint density at radius 1 is 0.952 bits per heavy atom. The van der Waals surface area contributed by atoms with Crippen molar-refractivity contribution in [1.82, 2.24) is 30.1 Å². The fourth-order valence-corrected chi connectivity index (χ4v) is 5.86. The number of phenols is 1. The van der Waals surface area contributed by atoms with E-state index in [1.807, 2.05) is 60.7 Å². The number of piperazine rings is 1. The highest BCUT2D eigenvalue weighted by Gasteiger charge is 2.50. The van der Waals surface area contributed by atoms with Gasteiger partial charge in [0.15, 0.2) is 0 Å². The molecule has 3 heterocycles. The number of amides is 4. The maximum Gasteiger partial charge on any atom is 0.334 e. The molecule has 4 amide bonds. The highest BCUT2D eigenvalue weighted by atomic mass is 16.3. The van der Waals surface area contributed by atoms with Crippen molar-refractivity contribution in [3.63, 3.8) is 0 Å². The normalized spacial score (nSPS) is 19.2. The first-order chi connectivity index (χ1) is 20.4. The zero-order chi connectivity index (χ0) is 29.2. The third kappa shape index (κ3) is 5.36. The van der Waals surface area contributed by atoms with Gasteiger partial charge >= 0.3 is 6.03 Å². The molecular weight excluding hydrogens is 532 g/mol. The summed E-state index contributed by atoms with van der Waals surface area (Å²) in [7, 11) is 1.71. The number of nitrogens with zero attached hydrogens (tertiary/aromatic N) is 5. The molecule has 6 rings (SSSR count). The SMILES string of the molecule is CN1CC(=O)N2[C@@H](CN(Cc3cccc4cccnc34)C(=O)[C@@H]2Cc2ccc(O)cc2)N1C(=O)NCc1ccccc1. The zero-order valence-corrected chi connectivity index (χ0v) is 23.3. The van der Waals surface area contributed by atoms with Crippen LogP contribution in [0.25, 0.3) is 10.9 Å². The van der Waals surface area contributed by atoms with E-state index in [1.165, 1.54) is 0 Å². The number of hydrazine groups is 1. The highest BCUT2D eigenvalue weighted by molar-refractivity contribution is 5.92. The minimum Gasteiger partial charge on any atom is -0.508 e. The highest BCUT2D eigenvalue weighted by Crippen LogP contribution is 2.30. The van der Waals surface area contributed by atoms with Crippen molar-refractivity contribution in [2.75, 3.05) is 20.1 Å². The lowest BCUT2D eigenvalue weighted by Crippen LogP contribution is -2.76. The molecule has 10 heteroatoms. The number of likely N-dealkylation sites (N-methyl/N-ethyl adjacent to an activating group) is 1. The summed E-state index contributed by atoms with van der Waals surface area (Å²) in [6.07, 6.45) is 1.26. The molecule has 1 aromatic heterocycles. The molecule has 0 unspecified atom stereocenters. The van der Waals surface area contributed by atoms with E-state index >= 15 is 0 Å². The van der Waals surface area contributed by atoms with Gasteiger partial charge in [-0.05, 0) is 34.9 Å². The van der Waals surface area contributed by atoms with E-state index in [0.29, 0.717) is 6.54 Å². The number of aromatic nitrogens is 1. The molecule has 4 aromatic rings. The van der Waals surface area contributed by atoms with Crippen LogP contribution in [0.1, 0.15) is 16.7 Å². The van der Waals surface area contributed by atoms with E-state index in [4.69, 9.17) is 0 Å². The van der Waals surface area contributed by atoms with Gasteiger partial charge in [0.05, 0.1) is 18.6 Å². The fourth-order valence-electron chi connectivity index (χ4n) is 5.86. The van der Waals surface area contributed by atoms with Crippen molar-refractivity contribution in [1.29, 1.82) is 0 Å². The van der Waals surface area contributed by atoms with Crippen LogP contribution in [0.2, 0.25) is 0 Å². The summed E-state index contributed by atoms with van der Waals surface area (Å²) >= 11 is 0. The van der Waals surface area contributed by atoms with Gasteiger partial charge in [-0.1, -0.05) is 66.7 Å². The van der Waals surface area contributed by atoms with Crippen molar-refractivity contribution >= 4 is 28.7 Å². The lowest BCUT2D eigenvalue weighted by Gasteiger charge is -2.54. The van der Waals surface area contributed by atoms with Crippen molar-refractivity contribution in [2.24, 2.45) is 0 Å². The number of rotatable bonds is 6. The predicted octanol–water partition coefficient (Wildman–Crippen LogP) is 3.12. The van der Waals surface area contributed by atoms with Gasteiger partial charge < -0.3 is 20.2 Å².